The Balaban J connectivity index is 1.47. The minimum atomic E-state index is -3.06. The maximum atomic E-state index is 14.5. The zero-order valence-electron chi connectivity index (χ0n) is 17.9. The van der Waals surface area contributed by atoms with Gasteiger partial charge in [-0.25, -0.2) is 27.9 Å². The molecule has 9 nitrogen and oxygen atoms in total. The molecule has 0 aliphatic carbocycles. The summed E-state index contributed by atoms with van der Waals surface area (Å²) >= 11 is 0. The highest BCUT2D eigenvalue weighted by Gasteiger charge is 2.41. The third-order valence-electron chi connectivity index (χ3n) is 5.12. The summed E-state index contributed by atoms with van der Waals surface area (Å²) in [6, 6.07) is 9.74. The number of alkyl carbamates (subject to hydrolysis) is 1. The summed E-state index contributed by atoms with van der Waals surface area (Å²) in [4.78, 5) is 30.1. The van der Waals surface area contributed by atoms with Crippen molar-refractivity contribution in [2.45, 2.75) is 31.9 Å². The summed E-state index contributed by atoms with van der Waals surface area (Å²) in [6.45, 7) is 1.42. The average molecular weight is 459 g/mol. The summed E-state index contributed by atoms with van der Waals surface area (Å²) in [6.07, 6.45) is 1.56. The number of fused-ring (bicyclic) bond motifs is 1. The van der Waals surface area contributed by atoms with Crippen LogP contribution in [0.4, 0.5) is 19.4 Å². The first-order valence-electron chi connectivity index (χ1n) is 10.5. The van der Waals surface area contributed by atoms with Crippen LogP contribution in [-0.2, 0) is 16.1 Å². The van der Waals surface area contributed by atoms with Crippen LogP contribution in [0.2, 0.25) is 0 Å². The SMILES string of the molecule is CCOC(=O)c1cnn2ccc(N3C[C@H](NC(=O)OCc4ccccc4)CC(F)(F)C3)nc12. The van der Waals surface area contributed by atoms with Crippen LogP contribution in [0.1, 0.15) is 29.3 Å². The molecule has 1 atom stereocenters. The molecule has 1 aliphatic rings. The number of benzene rings is 1. The van der Waals surface area contributed by atoms with E-state index in [0.29, 0.717) is 0 Å². The summed E-state index contributed by atoms with van der Waals surface area (Å²) in [7, 11) is 0. The van der Waals surface area contributed by atoms with Crippen molar-refractivity contribution in [3.63, 3.8) is 0 Å². The number of nitrogens with one attached hydrogen (secondary N) is 1. The molecule has 0 bridgehead atoms. The van der Waals surface area contributed by atoms with Gasteiger partial charge in [0.25, 0.3) is 5.92 Å². The van der Waals surface area contributed by atoms with Crippen molar-refractivity contribution in [1.82, 2.24) is 19.9 Å². The topological polar surface area (TPSA) is 98.1 Å². The predicted molar refractivity (Wildman–Crippen MR) is 114 cm³/mol. The molecule has 1 N–H and O–H groups in total. The molecule has 0 unspecified atom stereocenters. The van der Waals surface area contributed by atoms with Gasteiger partial charge in [0.15, 0.2) is 5.65 Å². The van der Waals surface area contributed by atoms with Gasteiger partial charge in [0.05, 0.1) is 25.4 Å². The van der Waals surface area contributed by atoms with E-state index >= 15 is 0 Å². The lowest BCUT2D eigenvalue weighted by Gasteiger charge is -2.38. The molecule has 11 heteroatoms. The molecular weight excluding hydrogens is 436 g/mol. The number of piperidine rings is 1. The maximum absolute atomic E-state index is 14.5. The van der Waals surface area contributed by atoms with E-state index in [-0.39, 0.29) is 36.8 Å². The number of rotatable bonds is 6. The fourth-order valence-electron chi connectivity index (χ4n) is 3.69. The van der Waals surface area contributed by atoms with Crippen LogP contribution in [0.25, 0.3) is 5.65 Å². The molecule has 1 amide bonds. The minimum Gasteiger partial charge on any atom is -0.462 e. The number of ether oxygens (including phenoxy) is 2. The Kier molecular flexibility index (Phi) is 6.38. The van der Waals surface area contributed by atoms with E-state index < -0.39 is 37.0 Å². The van der Waals surface area contributed by atoms with Crippen LogP contribution in [0.3, 0.4) is 0 Å². The van der Waals surface area contributed by atoms with Gasteiger partial charge in [0, 0.05) is 19.2 Å². The molecule has 0 radical (unpaired) electrons. The van der Waals surface area contributed by atoms with E-state index in [4.69, 9.17) is 9.47 Å². The first-order valence-corrected chi connectivity index (χ1v) is 10.5. The first kappa shape index (κ1) is 22.4. The third-order valence-corrected chi connectivity index (χ3v) is 5.12. The van der Waals surface area contributed by atoms with Crippen molar-refractivity contribution in [1.29, 1.82) is 0 Å². The molecule has 3 heterocycles. The van der Waals surface area contributed by atoms with Crippen LogP contribution >= 0.6 is 0 Å². The van der Waals surface area contributed by atoms with Gasteiger partial charge in [0.1, 0.15) is 18.0 Å². The van der Waals surface area contributed by atoms with Gasteiger partial charge in [0.2, 0.25) is 0 Å². The number of anilines is 1. The van der Waals surface area contributed by atoms with E-state index in [1.54, 1.807) is 19.1 Å². The largest absolute Gasteiger partial charge is 0.462 e. The second-order valence-corrected chi connectivity index (χ2v) is 7.68. The zero-order chi connectivity index (χ0) is 23.4. The summed E-state index contributed by atoms with van der Waals surface area (Å²) < 4.78 is 40.5. The van der Waals surface area contributed by atoms with Crippen molar-refractivity contribution in [3.8, 4) is 0 Å². The summed E-state index contributed by atoms with van der Waals surface area (Å²) in [5.74, 6) is -3.42. The Hall–Kier alpha value is -3.76. The molecule has 2 aromatic heterocycles. The smallest absolute Gasteiger partial charge is 0.407 e. The third kappa shape index (κ3) is 5.36. The van der Waals surface area contributed by atoms with Crippen LogP contribution in [0, 0.1) is 0 Å². The van der Waals surface area contributed by atoms with Crippen LogP contribution < -0.4 is 10.2 Å². The predicted octanol–water partition coefficient (Wildman–Crippen LogP) is 3.05. The fourth-order valence-corrected chi connectivity index (χ4v) is 3.69. The second-order valence-electron chi connectivity index (χ2n) is 7.68. The molecule has 0 saturated carbocycles. The molecule has 3 aromatic rings. The number of amides is 1. The van der Waals surface area contributed by atoms with Crippen LogP contribution in [0.15, 0.2) is 48.8 Å². The molecule has 33 heavy (non-hydrogen) atoms. The van der Waals surface area contributed by atoms with Crippen LogP contribution in [-0.4, -0.2) is 58.3 Å². The van der Waals surface area contributed by atoms with Crippen molar-refractivity contribution in [3.05, 3.63) is 59.9 Å². The molecule has 1 aromatic carbocycles. The number of nitrogens with zero attached hydrogens (tertiary/aromatic N) is 4. The molecule has 4 rings (SSSR count). The quantitative estimate of drug-likeness (QED) is 0.566. The lowest BCUT2D eigenvalue weighted by Crippen LogP contribution is -2.55. The Labute approximate surface area is 188 Å². The first-order chi connectivity index (χ1) is 15.8. The monoisotopic (exact) mass is 459 g/mol. The van der Waals surface area contributed by atoms with E-state index in [0.717, 1.165) is 5.56 Å². The van der Waals surface area contributed by atoms with E-state index in [2.05, 4.69) is 15.4 Å². The number of carbonyl (C=O) groups excluding carboxylic acids is 2. The molecule has 1 fully saturated rings. The number of hydrogen-bond donors (Lipinski definition) is 1. The van der Waals surface area contributed by atoms with E-state index in [1.807, 2.05) is 18.2 Å². The molecule has 1 aliphatic heterocycles. The van der Waals surface area contributed by atoms with Gasteiger partial charge in [-0.1, -0.05) is 30.3 Å². The highest BCUT2D eigenvalue weighted by molar-refractivity contribution is 5.95. The summed E-state index contributed by atoms with van der Waals surface area (Å²) in [5.41, 5.74) is 1.13. The van der Waals surface area contributed by atoms with Gasteiger partial charge in [-0.05, 0) is 18.6 Å². The number of aromatic nitrogens is 3. The van der Waals surface area contributed by atoms with Crippen LogP contribution in [0.5, 0.6) is 0 Å². The van der Waals surface area contributed by atoms with Gasteiger partial charge in [-0.3, -0.25) is 0 Å². The number of carbonyl (C=O) groups is 2. The van der Waals surface area contributed by atoms with Crippen molar-refractivity contribution in [2.75, 3.05) is 24.6 Å². The fraction of sp³-hybridized carbons (Fsp3) is 0.364. The lowest BCUT2D eigenvalue weighted by atomic mass is 10.0. The standard InChI is InChI=1S/C22H23F2N5O4/c1-2-32-20(30)17-11-25-29-9-8-18(27-19(17)29)28-12-16(10-22(23,24)14-28)26-21(31)33-13-15-6-4-3-5-7-15/h3-9,11,16H,2,10,12-14H2,1H3,(H,26,31)/t16-/m1/s1. The Bertz CT molecular complexity index is 1140. The Morgan fingerprint density at radius 1 is 1.21 bits per heavy atom. The van der Waals surface area contributed by atoms with Gasteiger partial charge in [-0.15, -0.1) is 0 Å². The zero-order valence-corrected chi connectivity index (χ0v) is 17.9. The number of halogens is 2. The van der Waals surface area contributed by atoms with E-state index in [1.165, 1.54) is 27.9 Å². The van der Waals surface area contributed by atoms with Gasteiger partial charge < -0.3 is 19.7 Å². The highest BCUT2D eigenvalue weighted by Crippen LogP contribution is 2.30. The number of alkyl halides is 2. The molecule has 0 spiro atoms. The lowest BCUT2D eigenvalue weighted by molar-refractivity contribution is -0.0215. The second kappa shape index (κ2) is 9.39. The van der Waals surface area contributed by atoms with Crippen molar-refractivity contribution < 1.29 is 27.8 Å². The molecular formula is C22H23F2N5O4. The van der Waals surface area contributed by atoms with Crippen molar-refractivity contribution in [2.24, 2.45) is 0 Å². The number of esters is 1. The van der Waals surface area contributed by atoms with Crippen molar-refractivity contribution >= 4 is 23.5 Å². The molecule has 174 valence electrons. The summed E-state index contributed by atoms with van der Waals surface area (Å²) in [5, 5.41) is 6.57. The van der Waals surface area contributed by atoms with Gasteiger partial charge >= 0.3 is 12.1 Å². The van der Waals surface area contributed by atoms with E-state index in [9.17, 15) is 18.4 Å². The Morgan fingerprint density at radius 3 is 2.76 bits per heavy atom. The average Bonchev–Trinajstić information content (AvgIpc) is 3.21. The van der Waals surface area contributed by atoms with Gasteiger partial charge in [-0.2, -0.15) is 5.10 Å². The Morgan fingerprint density at radius 2 is 2.00 bits per heavy atom. The minimum absolute atomic E-state index is 0.0373. The number of hydrogen-bond acceptors (Lipinski definition) is 7. The highest BCUT2D eigenvalue weighted by atomic mass is 19.3. The molecule has 1 saturated heterocycles. The normalized spacial score (nSPS) is 17.5. The maximum Gasteiger partial charge on any atom is 0.407 e.